The number of rotatable bonds is 7. The molecule has 0 aliphatic rings. The Kier molecular flexibility index (Phi) is 14.0. The van der Waals surface area contributed by atoms with Gasteiger partial charge in [0, 0.05) is 14.0 Å². The molecule has 0 aliphatic heterocycles. The molecular weight excluding hydrogens is 263 g/mol. The molecule has 0 radical (unpaired) electrons. The van der Waals surface area contributed by atoms with Gasteiger partial charge in [-0.15, -0.1) is 12.4 Å². The normalized spacial score (nSPS) is 10.2. The van der Waals surface area contributed by atoms with Crippen molar-refractivity contribution >= 4 is 18.4 Å². The number of halogens is 2. The van der Waals surface area contributed by atoms with Gasteiger partial charge >= 0.3 is 5.97 Å². The summed E-state index contributed by atoms with van der Waals surface area (Å²) in [5.74, 6) is -0.211. The minimum atomic E-state index is -0.211. The lowest BCUT2D eigenvalue weighted by Crippen LogP contribution is -3.00. The highest BCUT2D eigenvalue weighted by atomic mass is 35.5. The quantitative estimate of drug-likeness (QED) is 0.187. The molecular formula is C11H24Cl2N2O2. The third-order valence-corrected chi connectivity index (χ3v) is 2.43. The fraction of sp³-hybridized carbons (Fsp3) is 0.727. The molecule has 104 valence electrons. The molecule has 0 aromatic rings. The van der Waals surface area contributed by atoms with Gasteiger partial charge in [0.15, 0.2) is 0 Å². The van der Waals surface area contributed by atoms with Crippen molar-refractivity contribution in [1.82, 2.24) is 5.01 Å². The molecule has 4 nitrogen and oxygen atoms in total. The molecule has 6 heteroatoms. The van der Waals surface area contributed by atoms with E-state index in [0.29, 0.717) is 6.61 Å². The maximum absolute atomic E-state index is 10.5. The van der Waals surface area contributed by atoms with E-state index in [4.69, 9.17) is 4.74 Å². The summed E-state index contributed by atoms with van der Waals surface area (Å²) in [6, 6.07) is 0. The van der Waals surface area contributed by atoms with Gasteiger partial charge < -0.3 is 17.1 Å². The summed E-state index contributed by atoms with van der Waals surface area (Å²) in [6.45, 7) is 7.45. The number of carbonyl (C=O) groups excluding carboxylic acids is 1. The van der Waals surface area contributed by atoms with E-state index in [1.54, 1.807) is 0 Å². The van der Waals surface area contributed by atoms with Crippen LogP contribution < -0.4 is 12.4 Å². The van der Waals surface area contributed by atoms with E-state index >= 15 is 0 Å². The highest BCUT2D eigenvalue weighted by Crippen LogP contribution is 2.03. The van der Waals surface area contributed by atoms with Crippen LogP contribution in [-0.2, 0) is 9.53 Å². The second kappa shape index (κ2) is 10.8. The van der Waals surface area contributed by atoms with Gasteiger partial charge in [-0.3, -0.25) is 4.79 Å². The van der Waals surface area contributed by atoms with E-state index in [-0.39, 0.29) is 30.8 Å². The van der Waals surface area contributed by atoms with Crippen LogP contribution in [0.2, 0.25) is 0 Å². The molecule has 0 rings (SSSR count). The van der Waals surface area contributed by atoms with Crippen molar-refractivity contribution in [3.63, 3.8) is 0 Å². The summed E-state index contributed by atoms with van der Waals surface area (Å²) in [5.41, 5.74) is 0. The van der Waals surface area contributed by atoms with Crippen LogP contribution in [0.15, 0.2) is 12.7 Å². The van der Waals surface area contributed by atoms with Gasteiger partial charge in [-0.05, 0) is 12.5 Å². The van der Waals surface area contributed by atoms with Crippen molar-refractivity contribution in [3.05, 3.63) is 12.7 Å². The van der Waals surface area contributed by atoms with Crippen molar-refractivity contribution in [2.24, 2.45) is 0 Å². The fourth-order valence-electron chi connectivity index (χ4n) is 1.24. The third kappa shape index (κ3) is 10.6. The second-order valence-corrected chi connectivity index (χ2v) is 4.17. The predicted octanol–water partition coefficient (Wildman–Crippen LogP) is -1.53. The minimum absolute atomic E-state index is 0. The molecule has 0 saturated heterocycles. The molecule has 0 bridgehead atoms. The summed E-state index contributed by atoms with van der Waals surface area (Å²) in [7, 11) is 6.29. The number of esters is 1. The molecule has 0 fully saturated rings. The molecule has 0 saturated carbocycles. The summed E-state index contributed by atoms with van der Waals surface area (Å²) in [4.78, 5) is 10.5. The maximum Gasteiger partial charge on any atom is 0.302 e. The molecule has 0 spiro atoms. The van der Waals surface area contributed by atoms with E-state index in [1.165, 1.54) is 6.92 Å². The lowest BCUT2D eigenvalue weighted by molar-refractivity contribution is -0.995. The SMILES string of the molecule is C=CC[N+](C)(C)N(C)CCCOC(C)=O.Cl.[Cl-]. The fourth-order valence-corrected chi connectivity index (χ4v) is 1.24. The van der Waals surface area contributed by atoms with Crippen molar-refractivity contribution in [1.29, 1.82) is 0 Å². The first-order valence-electron chi connectivity index (χ1n) is 5.19. The monoisotopic (exact) mass is 286 g/mol. The number of quaternary nitrogens is 1. The molecule has 0 aromatic heterocycles. The van der Waals surface area contributed by atoms with Gasteiger partial charge in [-0.2, -0.15) is 5.01 Å². The smallest absolute Gasteiger partial charge is 0.302 e. The van der Waals surface area contributed by atoms with Crippen LogP contribution in [-0.4, -0.2) is 56.4 Å². The van der Waals surface area contributed by atoms with Crippen molar-refractivity contribution < 1.29 is 26.5 Å². The van der Waals surface area contributed by atoms with Crippen molar-refractivity contribution in [3.8, 4) is 0 Å². The molecule has 0 unspecified atom stereocenters. The van der Waals surface area contributed by atoms with E-state index in [9.17, 15) is 4.79 Å². The zero-order valence-electron chi connectivity index (χ0n) is 11.1. The van der Waals surface area contributed by atoms with Gasteiger partial charge in [0.2, 0.25) is 0 Å². The Morgan fingerprint density at radius 3 is 2.41 bits per heavy atom. The summed E-state index contributed by atoms with van der Waals surface area (Å²) < 4.78 is 5.64. The van der Waals surface area contributed by atoms with Crippen LogP contribution in [0.1, 0.15) is 13.3 Å². The first-order valence-corrected chi connectivity index (χ1v) is 5.19. The Labute approximate surface area is 117 Å². The zero-order valence-corrected chi connectivity index (χ0v) is 12.7. The van der Waals surface area contributed by atoms with Crippen LogP contribution in [0, 0.1) is 0 Å². The summed E-state index contributed by atoms with van der Waals surface area (Å²) in [5, 5.41) is 2.20. The van der Waals surface area contributed by atoms with Gasteiger partial charge in [0.25, 0.3) is 0 Å². The molecule has 0 aromatic carbocycles. The van der Waals surface area contributed by atoms with Crippen LogP contribution in [0.5, 0.6) is 0 Å². The van der Waals surface area contributed by atoms with E-state index in [2.05, 4.69) is 32.7 Å². The number of nitrogens with zero attached hydrogens (tertiary/aromatic N) is 2. The Morgan fingerprint density at radius 1 is 1.47 bits per heavy atom. The largest absolute Gasteiger partial charge is 1.00 e. The average Bonchev–Trinajstić information content (AvgIpc) is 2.11. The van der Waals surface area contributed by atoms with Crippen LogP contribution in [0.25, 0.3) is 0 Å². The third-order valence-electron chi connectivity index (χ3n) is 2.43. The number of hydrogen-bond acceptors (Lipinski definition) is 3. The van der Waals surface area contributed by atoms with Gasteiger partial charge in [0.1, 0.15) is 6.54 Å². The lowest BCUT2D eigenvalue weighted by atomic mass is 10.4. The molecule has 17 heavy (non-hydrogen) atoms. The summed E-state index contributed by atoms with van der Waals surface area (Å²) >= 11 is 0. The summed E-state index contributed by atoms with van der Waals surface area (Å²) in [6.07, 6.45) is 2.76. The van der Waals surface area contributed by atoms with Crippen LogP contribution in [0.3, 0.4) is 0 Å². The minimum Gasteiger partial charge on any atom is -1.00 e. The number of hydrogen-bond donors (Lipinski definition) is 0. The number of ether oxygens (including phenoxy) is 1. The topological polar surface area (TPSA) is 29.5 Å². The first kappa shape index (κ1) is 21.9. The van der Waals surface area contributed by atoms with Crippen LogP contribution >= 0.6 is 12.4 Å². The molecule has 0 N–H and O–H groups in total. The molecule has 0 amide bonds. The lowest BCUT2D eigenvalue weighted by Gasteiger charge is -2.36. The number of likely N-dealkylation sites (N-methyl/N-ethyl adjacent to an activating group) is 1. The Morgan fingerprint density at radius 2 is 2.00 bits per heavy atom. The van der Waals surface area contributed by atoms with Gasteiger partial charge in [-0.1, -0.05) is 6.58 Å². The Balaban J connectivity index is -0.000000980. The highest BCUT2D eigenvalue weighted by Gasteiger charge is 2.19. The van der Waals surface area contributed by atoms with Crippen LogP contribution in [0.4, 0.5) is 0 Å². The van der Waals surface area contributed by atoms with E-state index in [0.717, 1.165) is 24.1 Å². The predicted molar refractivity (Wildman–Crippen MR) is 68.3 cm³/mol. The Hall–Kier alpha value is -0.290. The first-order chi connectivity index (χ1) is 6.90. The van der Waals surface area contributed by atoms with Gasteiger partial charge in [0.05, 0.1) is 27.2 Å². The van der Waals surface area contributed by atoms with Crippen molar-refractivity contribution in [2.75, 3.05) is 40.8 Å². The van der Waals surface area contributed by atoms with E-state index < -0.39 is 0 Å². The number of carbonyl (C=O) groups is 1. The highest BCUT2D eigenvalue weighted by molar-refractivity contribution is 5.85. The van der Waals surface area contributed by atoms with E-state index in [1.807, 2.05) is 6.08 Å². The zero-order chi connectivity index (χ0) is 11.9. The van der Waals surface area contributed by atoms with Gasteiger partial charge in [-0.25, -0.2) is 4.59 Å². The Bertz CT molecular complexity index is 224. The maximum atomic E-state index is 10.5. The molecule has 0 aliphatic carbocycles. The molecule has 0 heterocycles. The average molecular weight is 287 g/mol. The molecule has 0 atom stereocenters. The van der Waals surface area contributed by atoms with Crippen molar-refractivity contribution in [2.45, 2.75) is 13.3 Å². The standard InChI is InChI=1S/C11H23N2O2.2ClH/c1-6-9-13(4,5)12(3)8-7-10-15-11(2)14;;/h6H,1,7-10H2,2-5H3;2*1H/q+1;;/p-1. The second-order valence-electron chi connectivity index (χ2n) is 4.17.